The molecule has 5 rings (SSSR count). The first kappa shape index (κ1) is 24.3. The van der Waals surface area contributed by atoms with Gasteiger partial charge in [-0.05, 0) is 50.2 Å². The Kier molecular flexibility index (Phi) is 6.03. The van der Waals surface area contributed by atoms with Crippen molar-refractivity contribution in [2.75, 3.05) is 13.1 Å². The third-order valence-electron chi connectivity index (χ3n) is 6.42. The lowest BCUT2D eigenvalue weighted by Crippen LogP contribution is -2.49. The van der Waals surface area contributed by atoms with Gasteiger partial charge in [0.2, 0.25) is 0 Å². The summed E-state index contributed by atoms with van der Waals surface area (Å²) in [5.74, 6) is -0.957. The number of amides is 3. The Morgan fingerprint density at radius 3 is 2.35 bits per heavy atom. The first-order valence-corrected chi connectivity index (χ1v) is 11.1. The maximum absolute atomic E-state index is 13.7. The van der Waals surface area contributed by atoms with E-state index < -0.39 is 47.4 Å². The van der Waals surface area contributed by atoms with Gasteiger partial charge < -0.3 is 9.64 Å². The number of carbonyl (C=O) groups is 3. The van der Waals surface area contributed by atoms with E-state index in [0.29, 0.717) is 18.4 Å². The monoisotopic (exact) mass is 500 g/mol. The summed E-state index contributed by atoms with van der Waals surface area (Å²) in [6.45, 7) is 1.88. The average Bonchev–Trinajstić information content (AvgIpc) is 3.51. The van der Waals surface area contributed by atoms with Crippen LogP contribution >= 0.6 is 11.6 Å². The number of carbonyl (C=O) groups excluding carboxylic acids is 3. The Morgan fingerprint density at radius 2 is 1.82 bits per heavy atom. The molecule has 2 aromatic heterocycles. The second-order valence-electron chi connectivity index (χ2n) is 8.66. The lowest BCUT2D eigenvalue weighted by molar-refractivity contribution is -0.136. The molecule has 2 saturated heterocycles. The lowest BCUT2D eigenvalue weighted by Gasteiger charge is -2.34. The first-order chi connectivity index (χ1) is 15.6. The van der Waals surface area contributed by atoms with Crippen molar-refractivity contribution in [2.24, 2.45) is 0 Å². The van der Waals surface area contributed by atoms with Gasteiger partial charge in [-0.25, -0.2) is 14.7 Å². The van der Waals surface area contributed by atoms with E-state index in [1.807, 2.05) is 0 Å². The Bertz CT molecular complexity index is 1170. The predicted octanol–water partition coefficient (Wildman–Crippen LogP) is 4.49. The number of likely N-dealkylation sites (tertiary alicyclic amines) is 1. The fraction of sp³-hybridized carbons (Fsp3) is 0.545. The molecule has 1 aliphatic carbocycles. The van der Waals surface area contributed by atoms with Gasteiger partial charge in [-0.3, -0.25) is 14.0 Å². The third kappa shape index (κ3) is 3.99. The number of imidazole rings is 1. The second-order valence-corrected chi connectivity index (χ2v) is 9.02. The molecule has 0 radical (unpaired) electrons. The molecule has 0 bridgehead atoms. The number of imide groups is 1. The zero-order valence-corrected chi connectivity index (χ0v) is 18.3. The van der Waals surface area contributed by atoms with Crippen molar-refractivity contribution in [3.8, 4) is 0 Å². The highest BCUT2D eigenvalue weighted by atomic mass is 35.5. The Hall–Kier alpha value is -2.82. The van der Waals surface area contributed by atoms with Crippen LogP contribution < -0.4 is 0 Å². The van der Waals surface area contributed by atoms with E-state index in [4.69, 9.17) is 16.3 Å². The third-order valence-corrected chi connectivity index (χ3v) is 6.78. The van der Waals surface area contributed by atoms with E-state index in [0.717, 1.165) is 28.2 Å². The molecule has 8 nitrogen and oxygen atoms in total. The highest BCUT2D eigenvalue weighted by Gasteiger charge is 2.44. The summed E-state index contributed by atoms with van der Waals surface area (Å²) < 4.78 is 47.2. The standard InChI is InChI=1S/C21H20ClF3N4O4.CH4/c1-10-18(30)29(20(32)33-10)13-4-6-27(7-5-13)19(31)15-16(22)28-9-12(11-2-3-11)8-14(17(28)26-15)21(23,24)25;/h8-11,13H,2-7H2,1H3;1H4/t10-;/m0./s1. The van der Waals surface area contributed by atoms with Crippen molar-refractivity contribution in [3.63, 3.8) is 0 Å². The summed E-state index contributed by atoms with van der Waals surface area (Å²) in [5, 5.41) is -0.169. The largest absolute Gasteiger partial charge is 0.436 e. The molecular formula is C22H24ClF3N4O4. The zero-order valence-electron chi connectivity index (χ0n) is 17.6. The van der Waals surface area contributed by atoms with Crippen LogP contribution in [-0.2, 0) is 15.7 Å². The molecule has 2 aromatic rings. The van der Waals surface area contributed by atoms with E-state index >= 15 is 0 Å². The number of alkyl halides is 3. The van der Waals surface area contributed by atoms with Gasteiger partial charge in [-0.2, -0.15) is 13.2 Å². The highest BCUT2D eigenvalue weighted by molar-refractivity contribution is 6.33. The van der Waals surface area contributed by atoms with Crippen LogP contribution in [0.3, 0.4) is 0 Å². The van der Waals surface area contributed by atoms with Gasteiger partial charge in [0.1, 0.15) is 5.15 Å². The number of piperidine rings is 1. The van der Waals surface area contributed by atoms with Crippen molar-refractivity contribution >= 4 is 35.2 Å². The number of fused-ring (bicyclic) bond motifs is 1. The minimum absolute atomic E-state index is 0. The number of ether oxygens (including phenoxy) is 1. The van der Waals surface area contributed by atoms with Crippen LogP contribution in [0.4, 0.5) is 18.0 Å². The molecule has 3 fully saturated rings. The number of hydrogen-bond donors (Lipinski definition) is 0. The molecule has 0 unspecified atom stereocenters. The SMILES string of the molecule is C.C[C@@H]1OC(=O)N(C2CCN(C(=O)c3nc4c(C(F)(F)F)cc(C5CC5)cn4c3Cl)CC2)C1=O. The Labute approximate surface area is 198 Å². The molecule has 3 aliphatic rings. The minimum atomic E-state index is -4.65. The van der Waals surface area contributed by atoms with Gasteiger partial charge >= 0.3 is 12.3 Å². The van der Waals surface area contributed by atoms with Gasteiger partial charge in [0, 0.05) is 25.3 Å². The summed E-state index contributed by atoms with van der Waals surface area (Å²) in [6, 6.07) is 0.678. The fourth-order valence-electron chi connectivity index (χ4n) is 4.47. The molecule has 3 amide bonds. The van der Waals surface area contributed by atoms with Gasteiger partial charge in [-0.15, -0.1) is 0 Å². The van der Waals surface area contributed by atoms with Crippen LogP contribution in [0, 0.1) is 0 Å². The van der Waals surface area contributed by atoms with Crippen molar-refractivity contribution in [1.29, 1.82) is 0 Å². The van der Waals surface area contributed by atoms with Crippen molar-refractivity contribution in [2.45, 2.75) is 64.3 Å². The van der Waals surface area contributed by atoms with Crippen LogP contribution in [-0.4, -0.2) is 62.3 Å². The molecule has 34 heavy (non-hydrogen) atoms. The molecule has 0 spiro atoms. The zero-order chi connectivity index (χ0) is 23.7. The predicted molar refractivity (Wildman–Crippen MR) is 116 cm³/mol. The van der Waals surface area contributed by atoms with Gasteiger partial charge in [0.15, 0.2) is 17.4 Å². The molecule has 2 aliphatic heterocycles. The number of pyridine rings is 1. The Balaban J connectivity index is 0.00000274. The van der Waals surface area contributed by atoms with E-state index in [1.54, 1.807) is 0 Å². The van der Waals surface area contributed by atoms with E-state index in [9.17, 15) is 27.6 Å². The van der Waals surface area contributed by atoms with Crippen molar-refractivity contribution in [3.05, 3.63) is 34.2 Å². The minimum Gasteiger partial charge on any atom is -0.436 e. The van der Waals surface area contributed by atoms with Crippen molar-refractivity contribution < 1.29 is 32.3 Å². The molecular weight excluding hydrogens is 477 g/mol. The van der Waals surface area contributed by atoms with Crippen LogP contribution in [0.1, 0.15) is 67.6 Å². The van der Waals surface area contributed by atoms with Gasteiger partial charge in [0.25, 0.3) is 11.8 Å². The number of aromatic nitrogens is 2. The quantitative estimate of drug-likeness (QED) is 0.620. The summed E-state index contributed by atoms with van der Waals surface area (Å²) in [7, 11) is 0. The molecule has 1 saturated carbocycles. The maximum Gasteiger partial charge on any atom is 0.419 e. The smallest absolute Gasteiger partial charge is 0.419 e. The maximum atomic E-state index is 13.7. The molecule has 184 valence electrons. The lowest BCUT2D eigenvalue weighted by atomic mass is 10.0. The molecule has 0 aromatic carbocycles. The normalized spacial score (nSPS) is 21.7. The number of nitrogens with zero attached hydrogens (tertiary/aromatic N) is 4. The highest BCUT2D eigenvalue weighted by Crippen LogP contribution is 2.43. The Morgan fingerprint density at radius 1 is 1.18 bits per heavy atom. The molecule has 0 N–H and O–H groups in total. The summed E-state index contributed by atoms with van der Waals surface area (Å²) in [4.78, 5) is 43.7. The summed E-state index contributed by atoms with van der Waals surface area (Å²) in [6.07, 6.45) is -2.40. The number of halogens is 4. The van der Waals surface area contributed by atoms with Crippen LogP contribution in [0.2, 0.25) is 5.15 Å². The van der Waals surface area contributed by atoms with Crippen LogP contribution in [0.25, 0.3) is 5.65 Å². The molecule has 4 heterocycles. The summed E-state index contributed by atoms with van der Waals surface area (Å²) in [5.41, 5.74) is -1.06. The van der Waals surface area contributed by atoms with Crippen molar-refractivity contribution in [1.82, 2.24) is 19.2 Å². The summed E-state index contributed by atoms with van der Waals surface area (Å²) >= 11 is 6.35. The number of rotatable bonds is 3. The van der Waals surface area contributed by atoms with E-state index in [1.165, 1.54) is 18.0 Å². The first-order valence-electron chi connectivity index (χ1n) is 10.7. The van der Waals surface area contributed by atoms with Crippen LogP contribution in [0.15, 0.2) is 12.3 Å². The van der Waals surface area contributed by atoms with E-state index in [2.05, 4.69) is 4.98 Å². The van der Waals surface area contributed by atoms with Gasteiger partial charge in [0.05, 0.1) is 5.56 Å². The second kappa shape index (κ2) is 8.44. The molecule has 12 heteroatoms. The van der Waals surface area contributed by atoms with Crippen LogP contribution in [0.5, 0.6) is 0 Å². The van der Waals surface area contributed by atoms with Gasteiger partial charge in [-0.1, -0.05) is 19.0 Å². The average molecular weight is 501 g/mol. The molecule has 1 atom stereocenters. The number of hydrogen-bond acceptors (Lipinski definition) is 5. The fourth-order valence-corrected chi connectivity index (χ4v) is 4.73. The number of cyclic esters (lactones) is 1. The van der Waals surface area contributed by atoms with E-state index in [-0.39, 0.29) is 37.3 Å². The topological polar surface area (TPSA) is 84.2 Å².